The maximum absolute atomic E-state index is 13.5. The minimum absolute atomic E-state index is 0.229. The minimum Gasteiger partial charge on any atom is -0.477 e. The molecule has 18 atom stereocenters. The van der Waals surface area contributed by atoms with E-state index in [0.29, 0.717) is 19.3 Å². The van der Waals surface area contributed by atoms with Gasteiger partial charge in [-0.15, -0.1) is 0 Å². The van der Waals surface area contributed by atoms with Crippen LogP contribution in [0.5, 0.6) is 0 Å². The van der Waals surface area contributed by atoms with Gasteiger partial charge in [-0.05, 0) is 12.8 Å². The first-order chi connectivity index (χ1) is 45.4. The smallest absolute Gasteiger partial charge is 0.364 e. The fourth-order valence-electron chi connectivity index (χ4n) is 13.4. The summed E-state index contributed by atoms with van der Waals surface area (Å²) in [5, 5.41) is 136. The third-order valence-electron chi connectivity index (χ3n) is 19.3. The molecule has 94 heavy (non-hydrogen) atoms. The van der Waals surface area contributed by atoms with Gasteiger partial charge in [-0.2, -0.15) is 0 Å². The Morgan fingerprint density at radius 2 is 0.926 bits per heavy atom. The topological polar surface area (TPSA) is 373 Å². The number of nitrogens with one attached hydrogen (secondary N) is 2. The average molecular weight is 1350 g/mol. The van der Waals surface area contributed by atoms with E-state index in [-0.39, 0.29) is 18.9 Å². The number of rotatable bonds is 58. The van der Waals surface area contributed by atoms with Crippen LogP contribution < -0.4 is 10.6 Å². The Hall–Kier alpha value is -2.27. The Bertz CT molecular complexity index is 1900. The Balaban J connectivity index is 1.55. The fourth-order valence-corrected chi connectivity index (χ4v) is 13.4. The van der Waals surface area contributed by atoms with E-state index in [0.717, 1.165) is 51.9 Å². The second-order valence-corrected chi connectivity index (χ2v) is 27.5. The molecule has 14 N–H and O–H groups in total. The maximum atomic E-state index is 13.5. The fraction of sp³-hybridized carbons (Fsp3) is 0.958. The van der Waals surface area contributed by atoms with Crippen LogP contribution in [-0.2, 0) is 42.8 Å². The van der Waals surface area contributed by atoms with Gasteiger partial charge in [-0.3, -0.25) is 9.59 Å². The van der Waals surface area contributed by atoms with Crippen LogP contribution >= 0.6 is 0 Å². The largest absolute Gasteiger partial charge is 0.477 e. The van der Waals surface area contributed by atoms with Gasteiger partial charge in [0.05, 0.1) is 50.7 Å². The molecule has 18 unspecified atom stereocenters. The highest BCUT2D eigenvalue weighted by Crippen LogP contribution is 2.39. The molecule has 0 saturated carbocycles. The normalized spacial score (nSPS) is 27.8. The van der Waals surface area contributed by atoms with Crippen molar-refractivity contribution < 1.29 is 104 Å². The molecule has 0 aliphatic carbocycles. The Morgan fingerprint density at radius 1 is 0.511 bits per heavy atom. The van der Waals surface area contributed by atoms with Crippen LogP contribution in [-0.4, -0.2) is 215 Å². The van der Waals surface area contributed by atoms with Crippen molar-refractivity contribution >= 4 is 17.8 Å². The van der Waals surface area contributed by atoms with Crippen LogP contribution in [0, 0.1) is 0 Å². The molecule has 554 valence electrons. The molecule has 3 aliphatic rings. The number of carboxylic acids is 1. The zero-order chi connectivity index (χ0) is 68.9. The molecule has 0 bridgehead atoms. The number of carboxylic acid groups (broad SMARTS) is 1. The van der Waals surface area contributed by atoms with Crippen LogP contribution in [0.3, 0.4) is 0 Å². The van der Waals surface area contributed by atoms with Gasteiger partial charge in [0, 0.05) is 19.8 Å². The van der Waals surface area contributed by atoms with Gasteiger partial charge in [0.25, 0.3) is 5.79 Å². The van der Waals surface area contributed by atoms with Crippen molar-refractivity contribution in [2.45, 2.75) is 407 Å². The van der Waals surface area contributed by atoms with E-state index in [1.165, 1.54) is 199 Å². The molecule has 3 rings (SSSR count). The van der Waals surface area contributed by atoms with Crippen LogP contribution in [0.15, 0.2) is 0 Å². The summed E-state index contributed by atoms with van der Waals surface area (Å²) < 4.78 is 34.9. The predicted molar refractivity (Wildman–Crippen MR) is 357 cm³/mol. The summed E-state index contributed by atoms with van der Waals surface area (Å²) in [6.07, 6.45) is 20.9. The van der Waals surface area contributed by atoms with Gasteiger partial charge in [0.2, 0.25) is 11.8 Å². The van der Waals surface area contributed by atoms with Crippen molar-refractivity contribution in [3.63, 3.8) is 0 Å². The monoisotopic (exact) mass is 1350 g/mol. The standard InChI is InChI=1S/C71H134N2O21/c1-4-6-8-10-12-14-16-18-20-22-24-25-26-27-29-31-33-35-37-39-41-43-45-58(81)73-52(53(78)44-42-40-38-36-34-32-30-28-23-21-19-17-15-13-11-9-7-5-2)50-89-68-63(85)62(84)65(57(49-76)91-68)92-69-64(86)67(61(83)56(48-75)90-69)94-71(70(87)88)46-54(79)59(72-51(3)77)66(93-71)60(82)55(80)47-74/h52-57,59-69,74-76,78-80,82-86H,4-50H2,1-3H3,(H,72,77)(H,73,81)(H,87,88). The summed E-state index contributed by atoms with van der Waals surface area (Å²) in [5.74, 6) is -6.09. The van der Waals surface area contributed by atoms with Crippen molar-refractivity contribution in [3.05, 3.63) is 0 Å². The van der Waals surface area contributed by atoms with Gasteiger partial charge in [-0.25, -0.2) is 4.79 Å². The molecule has 3 aliphatic heterocycles. The maximum Gasteiger partial charge on any atom is 0.364 e. The second-order valence-electron chi connectivity index (χ2n) is 27.5. The van der Waals surface area contributed by atoms with E-state index in [2.05, 4.69) is 24.5 Å². The Labute approximate surface area is 563 Å². The molecular weight excluding hydrogens is 1220 g/mol. The number of hydrogen-bond acceptors (Lipinski definition) is 20. The van der Waals surface area contributed by atoms with Crippen LogP contribution in [0.4, 0.5) is 0 Å². The van der Waals surface area contributed by atoms with Gasteiger partial charge in [0.15, 0.2) is 12.6 Å². The van der Waals surface area contributed by atoms with Gasteiger partial charge in [-0.1, -0.05) is 264 Å². The predicted octanol–water partition coefficient (Wildman–Crippen LogP) is 8.07. The molecule has 23 nitrogen and oxygen atoms in total. The highest BCUT2D eigenvalue weighted by atomic mass is 16.8. The van der Waals surface area contributed by atoms with E-state index in [4.69, 9.17) is 28.4 Å². The lowest BCUT2D eigenvalue weighted by Gasteiger charge is -2.50. The summed E-state index contributed by atoms with van der Waals surface area (Å²) in [4.78, 5) is 38.6. The molecule has 3 fully saturated rings. The number of aliphatic hydroxyl groups excluding tert-OH is 11. The van der Waals surface area contributed by atoms with Crippen molar-refractivity contribution in [2.24, 2.45) is 0 Å². The van der Waals surface area contributed by atoms with E-state index in [9.17, 15) is 75.7 Å². The van der Waals surface area contributed by atoms with Crippen molar-refractivity contribution in [2.75, 3.05) is 26.4 Å². The SMILES string of the molecule is CCCCCCCCCCCCCCCCCCCCCCCCC(=O)NC(COC1OC(CO)C(OC2OC(CO)C(O)C(OC3(C(=O)O)CC(O)C(NC(C)=O)C(C(O)C(O)CO)O3)C2O)C(O)C1O)C(O)CCCCCCCCCCCCCCCCCCCC. The van der Waals surface area contributed by atoms with Crippen LogP contribution in [0.25, 0.3) is 0 Å². The van der Waals surface area contributed by atoms with E-state index in [1.807, 2.05) is 0 Å². The van der Waals surface area contributed by atoms with Crippen LogP contribution in [0.1, 0.15) is 297 Å². The van der Waals surface area contributed by atoms with Crippen molar-refractivity contribution in [3.8, 4) is 0 Å². The molecule has 0 aromatic rings. The second kappa shape index (κ2) is 51.8. The number of carbonyl (C=O) groups excluding carboxylic acids is 2. The Morgan fingerprint density at radius 3 is 1.33 bits per heavy atom. The van der Waals surface area contributed by atoms with E-state index in [1.54, 1.807) is 0 Å². The molecule has 3 heterocycles. The highest BCUT2D eigenvalue weighted by Gasteiger charge is 2.60. The van der Waals surface area contributed by atoms with E-state index >= 15 is 0 Å². The first-order valence-corrected chi connectivity index (χ1v) is 37.4. The summed E-state index contributed by atoms with van der Waals surface area (Å²) in [5.41, 5.74) is 0. The molecule has 0 aromatic heterocycles. The number of ether oxygens (including phenoxy) is 6. The lowest BCUT2D eigenvalue weighted by molar-refractivity contribution is -0.386. The third-order valence-corrected chi connectivity index (χ3v) is 19.3. The third kappa shape index (κ3) is 33.3. The van der Waals surface area contributed by atoms with Crippen molar-refractivity contribution in [1.82, 2.24) is 10.6 Å². The summed E-state index contributed by atoms with van der Waals surface area (Å²) in [6.45, 7) is 2.25. The van der Waals surface area contributed by atoms with Gasteiger partial charge < -0.3 is 100 Å². The quantitative estimate of drug-likeness (QED) is 0.0256. The van der Waals surface area contributed by atoms with Crippen molar-refractivity contribution in [1.29, 1.82) is 0 Å². The number of aliphatic hydroxyl groups is 11. The molecule has 3 saturated heterocycles. The molecule has 0 spiro atoms. The molecule has 0 radical (unpaired) electrons. The molecule has 2 amide bonds. The number of amides is 2. The summed E-state index contributed by atoms with van der Waals surface area (Å²) >= 11 is 0. The highest BCUT2D eigenvalue weighted by molar-refractivity contribution is 5.77. The number of carbonyl (C=O) groups is 3. The van der Waals surface area contributed by atoms with E-state index < -0.39 is 148 Å². The minimum atomic E-state index is -3.08. The zero-order valence-corrected chi connectivity index (χ0v) is 58.1. The zero-order valence-electron chi connectivity index (χ0n) is 58.1. The number of hydrogen-bond donors (Lipinski definition) is 14. The first-order valence-electron chi connectivity index (χ1n) is 37.4. The number of unbranched alkanes of at least 4 members (excludes halogenated alkanes) is 38. The molecule has 23 heteroatoms. The molecule has 0 aromatic carbocycles. The lowest BCUT2D eigenvalue weighted by Crippen LogP contribution is -2.70. The van der Waals surface area contributed by atoms with Gasteiger partial charge in [0.1, 0.15) is 67.1 Å². The number of aliphatic carboxylic acids is 1. The first kappa shape index (κ1) is 86.0. The molecular formula is C71H134N2O21. The van der Waals surface area contributed by atoms with Crippen LogP contribution in [0.2, 0.25) is 0 Å². The Kier molecular flexibility index (Phi) is 47.4. The lowest BCUT2D eigenvalue weighted by atomic mass is 9.88. The van der Waals surface area contributed by atoms with Gasteiger partial charge >= 0.3 is 5.97 Å². The average Bonchev–Trinajstić information content (AvgIpc) is 0.761. The summed E-state index contributed by atoms with van der Waals surface area (Å²) in [7, 11) is 0. The summed E-state index contributed by atoms with van der Waals surface area (Å²) in [6, 6.07) is -2.52.